The highest BCUT2D eigenvalue weighted by atomic mass is 16.1. The van der Waals surface area contributed by atoms with E-state index >= 15 is 0 Å². The smallest absolute Gasteiger partial charge is 0.251 e. The van der Waals surface area contributed by atoms with Crippen LogP contribution < -0.4 is 5.32 Å². The Morgan fingerprint density at radius 2 is 2.27 bits per heavy atom. The lowest BCUT2D eigenvalue weighted by Gasteiger charge is -2.17. The summed E-state index contributed by atoms with van der Waals surface area (Å²) in [6.07, 6.45) is 4.55. The lowest BCUT2D eigenvalue weighted by atomic mass is 9.96. The molecule has 1 heterocycles. The van der Waals surface area contributed by atoms with Crippen molar-refractivity contribution in [2.24, 2.45) is 0 Å². The van der Waals surface area contributed by atoms with Crippen molar-refractivity contribution in [1.29, 1.82) is 0 Å². The topological polar surface area (TPSA) is 29.1 Å². The van der Waals surface area contributed by atoms with Crippen LogP contribution in [0.2, 0.25) is 0 Å². The van der Waals surface area contributed by atoms with Gasteiger partial charge in [-0.3, -0.25) is 4.79 Å². The molecule has 0 atom stereocenters. The average Bonchev–Trinajstić information content (AvgIpc) is 2.26. The Labute approximate surface area is 90.7 Å². The van der Waals surface area contributed by atoms with Crippen LogP contribution in [0.3, 0.4) is 0 Å². The molecule has 0 saturated heterocycles. The number of hydrogen-bond donors (Lipinski definition) is 1. The van der Waals surface area contributed by atoms with Gasteiger partial charge in [0.2, 0.25) is 0 Å². The number of fused-ring (bicyclic) bond motifs is 1. The molecule has 1 aliphatic heterocycles. The monoisotopic (exact) mass is 203 g/mol. The predicted octanol–water partition coefficient (Wildman–Crippen LogP) is 2.32. The van der Waals surface area contributed by atoms with Crippen LogP contribution in [0, 0.1) is 0 Å². The first-order chi connectivity index (χ1) is 7.31. The molecular weight excluding hydrogens is 186 g/mol. The van der Waals surface area contributed by atoms with Crippen molar-refractivity contribution in [3.05, 3.63) is 34.9 Å². The van der Waals surface area contributed by atoms with E-state index in [0.29, 0.717) is 0 Å². The molecule has 2 rings (SSSR count). The minimum absolute atomic E-state index is 0.0818. The van der Waals surface area contributed by atoms with Gasteiger partial charge in [0.15, 0.2) is 0 Å². The highest BCUT2D eigenvalue weighted by Gasteiger charge is 2.15. The van der Waals surface area contributed by atoms with Gasteiger partial charge in [0, 0.05) is 12.1 Å². The van der Waals surface area contributed by atoms with E-state index in [1.54, 1.807) is 0 Å². The lowest BCUT2D eigenvalue weighted by Crippen LogP contribution is -2.31. The van der Waals surface area contributed by atoms with Crippen LogP contribution in [0.25, 0.3) is 0 Å². The molecule has 0 aromatic heterocycles. The van der Waals surface area contributed by atoms with E-state index in [4.69, 9.17) is 0 Å². The molecule has 2 heteroatoms. The molecule has 0 unspecified atom stereocenters. The number of benzene rings is 1. The molecule has 0 fully saturated rings. The Balaban J connectivity index is 2.21. The zero-order chi connectivity index (χ0) is 10.7. The van der Waals surface area contributed by atoms with Gasteiger partial charge >= 0.3 is 0 Å². The number of rotatable bonds is 3. The lowest BCUT2D eigenvalue weighted by molar-refractivity contribution is 0.0946. The van der Waals surface area contributed by atoms with E-state index in [2.05, 4.69) is 24.4 Å². The summed E-state index contributed by atoms with van der Waals surface area (Å²) in [6.45, 7) is 2.98. The summed E-state index contributed by atoms with van der Waals surface area (Å²) in [5.74, 6) is 0.0818. The van der Waals surface area contributed by atoms with Crippen molar-refractivity contribution in [3.63, 3.8) is 0 Å². The fraction of sp³-hybridized carbons (Fsp3) is 0.462. The number of hydrogen-bond acceptors (Lipinski definition) is 1. The van der Waals surface area contributed by atoms with Gasteiger partial charge in [-0.2, -0.15) is 0 Å². The predicted molar refractivity (Wildman–Crippen MR) is 61.1 cm³/mol. The van der Waals surface area contributed by atoms with Gasteiger partial charge in [0.25, 0.3) is 5.91 Å². The summed E-state index contributed by atoms with van der Waals surface area (Å²) in [6, 6.07) is 6.25. The molecule has 1 aromatic rings. The molecule has 15 heavy (non-hydrogen) atoms. The minimum Gasteiger partial charge on any atom is -0.352 e. The van der Waals surface area contributed by atoms with Crippen LogP contribution in [0.4, 0.5) is 0 Å². The summed E-state index contributed by atoms with van der Waals surface area (Å²) < 4.78 is 0. The molecule has 1 amide bonds. The SMILES string of the molecule is CCCCc1ccc2c(c1)CCNC2=O. The van der Waals surface area contributed by atoms with Crippen molar-refractivity contribution >= 4 is 5.91 Å². The second-order valence-electron chi connectivity index (χ2n) is 4.10. The normalized spacial score (nSPS) is 14.6. The molecule has 2 nitrogen and oxygen atoms in total. The van der Waals surface area contributed by atoms with Crippen molar-refractivity contribution in [2.75, 3.05) is 6.54 Å². The van der Waals surface area contributed by atoms with Crippen LogP contribution in [-0.2, 0) is 12.8 Å². The van der Waals surface area contributed by atoms with Gasteiger partial charge in [-0.1, -0.05) is 25.5 Å². The largest absolute Gasteiger partial charge is 0.352 e. The molecule has 1 aromatic carbocycles. The zero-order valence-electron chi connectivity index (χ0n) is 9.18. The molecule has 0 bridgehead atoms. The van der Waals surface area contributed by atoms with E-state index in [1.165, 1.54) is 24.0 Å². The Morgan fingerprint density at radius 3 is 3.07 bits per heavy atom. The van der Waals surface area contributed by atoms with E-state index in [0.717, 1.165) is 24.9 Å². The second kappa shape index (κ2) is 4.47. The van der Waals surface area contributed by atoms with Crippen molar-refractivity contribution in [1.82, 2.24) is 5.32 Å². The van der Waals surface area contributed by atoms with E-state index in [9.17, 15) is 4.79 Å². The molecule has 1 N–H and O–H groups in total. The van der Waals surface area contributed by atoms with E-state index < -0.39 is 0 Å². The molecule has 1 aliphatic rings. The maximum atomic E-state index is 11.5. The first kappa shape index (κ1) is 10.2. The maximum Gasteiger partial charge on any atom is 0.251 e. The van der Waals surface area contributed by atoms with Gasteiger partial charge in [-0.25, -0.2) is 0 Å². The molecule has 0 aliphatic carbocycles. The third-order valence-corrected chi connectivity index (χ3v) is 2.91. The zero-order valence-corrected chi connectivity index (χ0v) is 9.18. The van der Waals surface area contributed by atoms with E-state index in [-0.39, 0.29) is 5.91 Å². The molecular formula is C13H17NO. The maximum absolute atomic E-state index is 11.5. The second-order valence-corrected chi connectivity index (χ2v) is 4.10. The van der Waals surface area contributed by atoms with Gasteiger partial charge in [0.1, 0.15) is 0 Å². The summed E-state index contributed by atoms with van der Waals surface area (Å²) in [4.78, 5) is 11.5. The first-order valence-corrected chi connectivity index (χ1v) is 5.71. The van der Waals surface area contributed by atoms with Gasteiger partial charge in [-0.05, 0) is 36.5 Å². The third-order valence-electron chi connectivity index (χ3n) is 2.91. The summed E-state index contributed by atoms with van der Waals surface area (Å²) in [5.41, 5.74) is 3.44. The van der Waals surface area contributed by atoms with Crippen molar-refractivity contribution in [2.45, 2.75) is 32.6 Å². The van der Waals surface area contributed by atoms with Gasteiger partial charge < -0.3 is 5.32 Å². The Kier molecular flexibility index (Phi) is 3.05. The molecule has 0 saturated carbocycles. The third kappa shape index (κ3) is 2.20. The van der Waals surface area contributed by atoms with Crippen LogP contribution in [-0.4, -0.2) is 12.5 Å². The summed E-state index contributed by atoms with van der Waals surface area (Å²) in [7, 11) is 0. The highest BCUT2D eigenvalue weighted by Crippen LogP contribution is 2.17. The minimum atomic E-state index is 0.0818. The molecule has 0 radical (unpaired) electrons. The van der Waals surface area contributed by atoms with E-state index in [1.807, 2.05) is 6.07 Å². The highest BCUT2D eigenvalue weighted by molar-refractivity contribution is 5.96. The Bertz CT molecular complexity index is 371. The quantitative estimate of drug-likeness (QED) is 0.802. The van der Waals surface area contributed by atoms with Gasteiger partial charge in [-0.15, -0.1) is 0 Å². The number of nitrogens with one attached hydrogen (secondary N) is 1. The Morgan fingerprint density at radius 1 is 1.40 bits per heavy atom. The molecule has 0 spiro atoms. The standard InChI is InChI=1S/C13H17NO/c1-2-3-4-10-5-6-12-11(9-10)7-8-14-13(12)15/h5-6,9H,2-4,7-8H2,1H3,(H,14,15). The fourth-order valence-corrected chi connectivity index (χ4v) is 2.02. The van der Waals surface area contributed by atoms with Crippen LogP contribution in [0.5, 0.6) is 0 Å². The van der Waals surface area contributed by atoms with Crippen LogP contribution in [0.1, 0.15) is 41.3 Å². The number of carbonyl (C=O) groups excluding carboxylic acids is 1. The Hall–Kier alpha value is -1.31. The average molecular weight is 203 g/mol. The summed E-state index contributed by atoms with van der Waals surface area (Å²) in [5, 5.41) is 2.86. The first-order valence-electron chi connectivity index (χ1n) is 5.71. The number of amides is 1. The van der Waals surface area contributed by atoms with Crippen molar-refractivity contribution < 1.29 is 4.79 Å². The fourth-order valence-electron chi connectivity index (χ4n) is 2.02. The number of unbranched alkanes of at least 4 members (excludes halogenated alkanes) is 1. The summed E-state index contributed by atoms with van der Waals surface area (Å²) >= 11 is 0. The molecule has 80 valence electrons. The number of carbonyl (C=O) groups is 1. The van der Waals surface area contributed by atoms with Gasteiger partial charge in [0.05, 0.1) is 0 Å². The van der Waals surface area contributed by atoms with Crippen LogP contribution >= 0.6 is 0 Å². The van der Waals surface area contributed by atoms with Crippen LogP contribution in [0.15, 0.2) is 18.2 Å². The van der Waals surface area contributed by atoms with Crippen molar-refractivity contribution in [3.8, 4) is 0 Å². The number of aryl methyl sites for hydroxylation is 1.